The Labute approximate surface area is 100 Å². The fraction of sp³-hybridized carbons (Fsp3) is 0.500. The summed E-state index contributed by atoms with van der Waals surface area (Å²) < 4.78 is 0. The van der Waals surface area contributed by atoms with Crippen LogP contribution in [-0.4, -0.2) is 23.2 Å². The molecule has 4 heteroatoms. The highest BCUT2D eigenvalue weighted by molar-refractivity contribution is 7.98. The number of carbonyl (C=O) groups excluding carboxylic acids is 1. The first-order chi connectivity index (χ1) is 7.72. The van der Waals surface area contributed by atoms with E-state index in [4.69, 9.17) is 0 Å². The lowest BCUT2D eigenvalue weighted by atomic mass is 10.2. The fourth-order valence-corrected chi connectivity index (χ4v) is 2.27. The number of carbonyl (C=O) groups is 1. The Kier molecular flexibility index (Phi) is 3.49. The zero-order valence-corrected chi connectivity index (χ0v) is 10.4. The lowest BCUT2D eigenvalue weighted by Crippen LogP contribution is -2.34. The van der Waals surface area contributed by atoms with Gasteiger partial charge in [0, 0.05) is 12.2 Å². The molecular formula is C12H16N2OS. The van der Waals surface area contributed by atoms with Gasteiger partial charge in [-0.3, -0.25) is 4.79 Å². The molecule has 16 heavy (non-hydrogen) atoms. The summed E-state index contributed by atoms with van der Waals surface area (Å²) in [5.41, 5.74) is 0.683. The molecule has 1 N–H and O–H groups in total. The molecule has 1 unspecified atom stereocenters. The van der Waals surface area contributed by atoms with Crippen molar-refractivity contribution in [2.75, 3.05) is 6.26 Å². The van der Waals surface area contributed by atoms with E-state index >= 15 is 0 Å². The fourth-order valence-electron chi connectivity index (χ4n) is 1.72. The molecule has 1 aliphatic rings. The van der Waals surface area contributed by atoms with E-state index in [0.29, 0.717) is 11.5 Å². The predicted molar refractivity (Wildman–Crippen MR) is 65.7 cm³/mol. The maximum absolute atomic E-state index is 12.0. The van der Waals surface area contributed by atoms with Crippen LogP contribution in [0.1, 0.15) is 30.1 Å². The minimum absolute atomic E-state index is 0.00292. The van der Waals surface area contributed by atoms with E-state index in [1.807, 2.05) is 12.3 Å². The van der Waals surface area contributed by atoms with Gasteiger partial charge in [0.05, 0.1) is 5.56 Å². The zero-order valence-electron chi connectivity index (χ0n) is 9.56. The van der Waals surface area contributed by atoms with Crippen LogP contribution in [0.2, 0.25) is 0 Å². The van der Waals surface area contributed by atoms with Crippen LogP contribution in [0.4, 0.5) is 0 Å². The molecule has 0 radical (unpaired) electrons. The molecule has 1 aliphatic carbocycles. The number of rotatable bonds is 4. The van der Waals surface area contributed by atoms with Gasteiger partial charge in [-0.05, 0) is 44.1 Å². The Morgan fingerprint density at radius 3 is 3.00 bits per heavy atom. The van der Waals surface area contributed by atoms with Crippen molar-refractivity contribution in [2.24, 2.45) is 5.92 Å². The van der Waals surface area contributed by atoms with Gasteiger partial charge in [-0.25, -0.2) is 4.98 Å². The first kappa shape index (κ1) is 11.5. The summed E-state index contributed by atoms with van der Waals surface area (Å²) in [5.74, 6) is 0.676. The van der Waals surface area contributed by atoms with Gasteiger partial charge in [0.1, 0.15) is 5.03 Å². The van der Waals surface area contributed by atoms with Gasteiger partial charge in [-0.2, -0.15) is 0 Å². The highest BCUT2D eigenvalue weighted by Crippen LogP contribution is 2.32. The number of nitrogens with zero attached hydrogens (tertiary/aromatic N) is 1. The van der Waals surface area contributed by atoms with Crippen LogP contribution >= 0.6 is 11.8 Å². The Hall–Kier alpha value is -1.03. The minimum Gasteiger partial charge on any atom is -0.349 e. The molecule has 0 aromatic carbocycles. The van der Waals surface area contributed by atoms with Crippen LogP contribution < -0.4 is 5.32 Å². The number of pyridine rings is 1. The van der Waals surface area contributed by atoms with Gasteiger partial charge >= 0.3 is 0 Å². The average molecular weight is 236 g/mol. The topological polar surface area (TPSA) is 42.0 Å². The number of thioether (sulfide) groups is 1. The molecule has 1 heterocycles. The molecule has 1 amide bonds. The quantitative estimate of drug-likeness (QED) is 0.816. The molecule has 1 atom stereocenters. The second-order valence-corrected chi connectivity index (χ2v) is 4.95. The van der Waals surface area contributed by atoms with Crippen molar-refractivity contribution in [3.05, 3.63) is 23.9 Å². The van der Waals surface area contributed by atoms with Crippen molar-refractivity contribution in [1.29, 1.82) is 0 Å². The SMILES string of the molecule is CSc1ncccc1C(=O)NC(C)C1CC1. The molecule has 1 aromatic rings. The van der Waals surface area contributed by atoms with Crippen molar-refractivity contribution >= 4 is 17.7 Å². The summed E-state index contributed by atoms with van der Waals surface area (Å²) in [6.45, 7) is 2.07. The molecule has 0 saturated heterocycles. The van der Waals surface area contributed by atoms with E-state index in [-0.39, 0.29) is 11.9 Å². The summed E-state index contributed by atoms with van der Waals surface area (Å²) in [7, 11) is 0. The normalized spacial score (nSPS) is 16.9. The van der Waals surface area contributed by atoms with Gasteiger partial charge in [-0.1, -0.05) is 0 Å². The van der Waals surface area contributed by atoms with Crippen LogP contribution in [-0.2, 0) is 0 Å². The van der Waals surface area contributed by atoms with Crippen molar-refractivity contribution in [1.82, 2.24) is 10.3 Å². The molecule has 1 saturated carbocycles. The maximum atomic E-state index is 12.0. The predicted octanol–water partition coefficient (Wildman–Crippen LogP) is 2.33. The van der Waals surface area contributed by atoms with Crippen molar-refractivity contribution in [3.63, 3.8) is 0 Å². The second kappa shape index (κ2) is 4.87. The molecule has 0 aliphatic heterocycles. The Bertz CT molecular complexity index is 390. The van der Waals surface area contributed by atoms with Crippen molar-refractivity contribution < 1.29 is 4.79 Å². The van der Waals surface area contributed by atoms with Crippen molar-refractivity contribution in [3.8, 4) is 0 Å². The van der Waals surface area contributed by atoms with E-state index in [9.17, 15) is 4.79 Å². The third kappa shape index (κ3) is 2.55. The largest absolute Gasteiger partial charge is 0.349 e. The van der Waals surface area contributed by atoms with Crippen LogP contribution in [0.25, 0.3) is 0 Å². The van der Waals surface area contributed by atoms with E-state index < -0.39 is 0 Å². The van der Waals surface area contributed by atoms with E-state index in [2.05, 4.69) is 17.2 Å². The molecular weight excluding hydrogens is 220 g/mol. The smallest absolute Gasteiger partial charge is 0.254 e. The van der Waals surface area contributed by atoms with E-state index in [1.54, 1.807) is 12.3 Å². The summed E-state index contributed by atoms with van der Waals surface area (Å²) in [6.07, 6.45) is 6.13. The Balaban J connectivity index is 2.07. The van der Waals surface area contributed by atoms with Gasteiger partial charge in [-0.15, -0.1) is 11.8 Å². The van der Waals surface area contributed by atoms with Crippen LogP contribution in [0, 0.1) is 5.92 Å². The second-order valence-electron chi connectivity index (χ2n) is 4.16. The lowest BCUT2D eigenvalue weighted by molar-refractivity contribution is 0.0932. The van der Waals surface area contributed by atoms with Gasteiger partial charge in [0.2, 0.25) is 0 Å². The zero-order chi connectivity index (χ0) is 11.5. The standard InChI is InChI=1S/C12H16N2OS/c1-8(9-5-6-9)14-11(15)10-4-3-7-13-12(10)16-2/h3-4,7-9H,5-6H2,1-2H3,(H,14,15). The Morgan fingerprint density at radius 1 is 1.62 bits per heavy atom. The third-order valence-corrected chi connectivity index (χ3v) is 3.61. The van der Waals surface area contributed by atoms with E-state index in [0.717, 1.165) is 5.03 Å². The Morgan fingerprint density at radius 2 is 2.38 bits per heavy atom. The van der Waals surface area contributed by atoms with Crippen LogP contribution in [0.3, 0.4) is 0 Å². The number of hydrogen-bond acceptors (Lipinski definition) is 3. The number of hydrogen-bond donors (Lipinski definition) is 1. The number of nitrogens with one attached hydrogen (secondary N) is 1. The van der Waals surface area contributed by atoms with Crippen LogP contribution in [0.15, 0.2) is 23.4 Å². The summed E-state index contributed by atoms with van der Waals surface area (Å²) in [6, 6.07) is 3.91. The molecule has 0 bridgehead atoms. The highest BCUT2D eigenvalue weighted by atomic mass is 32.2. The van der Waals surface area contributed by atoms with E-state index in [1.165, 1.54) is 24.6 Å². The summed E-state index contributed by atoms with van der Waals surface area (Å²) >= 11 is 1.50. The first-order valence-corrected chi connectivity index (χ1v) is 6.74. The van der Waals surface area contributed by atoms with Gasteiger partial charge in [0.15, 0.2) is 0 Å². The maximum Gasteiger partial charge on any atom is 0.254 e. The summed E-state index contributed by atoms with van der Waals surface area (Å²) in [5, 5.41) is 3.83. The first-order valence-electron chi connectivity index (χ1n) is 5.52. The molecule has 86 valence electrons. The number of amides is 1. The van der Waals surface area contributed by atoms with Crippen molar-refractivity contribution in [2.45, 2.75) is 30.8 Å². The minimum atomic E-state index is -0.00292. The molecule has 1 aromatic heterocycles. The number of aromatic nitrogens is 1. The monoisotopic (exact) mass is 236 g/mol. The highest BCUT2D eigenvalue weighted by Gasteiger charge is 2.29. The van der Waals surface area contributed by atoms with Crippen LogP contribution in [0.5, 0.6) is 0 Å². The molecule has 3 nitrogen and oxygen atoms in total. The average Bonchev–Trinajstić information content (AvgIpc) is 3.12. The molecule has 2 rings (SSSR count). The molecule has 1 fully saturated rings. The van der Waals surface area contributed by atoms with Gasteiger partial charge in [0.25, 0.3) is 5.91 Å². The van der Waals surface area contributed by atoms with Gasteiger partial charge < -0.3 is 5.32 Å². The lowest BCUT2D eigenvalue weighted by Gasteiger charge is -2.13. The third-order valence-electron chi connectivity index (χ3n) is 2.90. The molecule has 0 spiro atoms. The summed E-state index contributed by atoms with van der Waals surface area (Å²) in [4.78, 5) is 16.2.